The van der Waals surface area contributed by atoms with E-state index in [0.717, 1.165) is 0 Å². The Hall–Kier alpha value is -1.24. The van der Waals surface area contributed by atoms with Gasteiger partial charge in [0.05, 0.1) is 19.4 Å². The molecule has 13 heavy (non-hydrogen) atoms. The summed E-state index contributed by atoms with van der Waals surface area (Å²) in [6.07, 6.45) is -0.192. The summed E-state index contributed by atoms with van der Waals surface area (Å²) in [5.74, 6) is -1.43. The van der Waals surface area contributed by atoms with Gasteiger partial charge in [0.25, 0.3) is 0 Å². The lowest BCUT2D eigenvalue weighted by Gasteiger charge is -1.97. The lowest BCUT2D eigenvalue weighted by atomic mass is 10.3. The Balaban J connectivity index is 0. The van der Waals surface area contributed by atoms with Crippen molar-refractivity contribution in [3.63, 3.8) is 0 Å². The summed E-state index contributed by atoms with van der Waals surface area (Å²) in [5, 5.41) is 8.12. The third-order valence-electron chi connectivity index (χ3n) is 0.848. The Kier molecular flexibility index (Phi) is 11.8. The maximum absolute atomic E-state index is 10.5. The van der Waals surface area contributed by atoms with Gasteiger partial charge in [-0.15, -0.1) is 0 Å². The molecule has 0 aromatic rings. The normalized spacial score (nSPS) is 7.46. The van der Waals surface area contributed by atoms with Gasteiger partial charge < -0.3 is 9.84 Å². The highest BCUT2D eigenvalue weighted by atomic mass is 28.2. The summed E-state index contributed by atoms with van der Waals surface area (Å²) in [7, 11) is -1.42. The first-order valence-electron chi connectivity index (χ1n) is 3.45. The molecule has 0 aromatic heterocycles. The first-order chi connectivity index (χ1) is 6.08. The monoisotopic (exact) mass is 206 g/mol. The molecule has 0 saturated heterocycles. The van der Waals surface area contributed by atoms with E-state index in [4.69, 9.17) is 14.0 Å². The number of carbonyl (C=O) groups excluding carboxylic acids is 1. The summed E-state index contributed by atoms with van der Waals surface area (Å²) in [4.78, 5) is 20.4. The number of carbonyl (C=O) groups is 2. The van der Waals surface area contributed by atoms with E-state index in [2.05, 4.69) is 4.74 Å². The average Bonchev–Trinajstić information content (AvgIpc) is 2.03. The van der Waals surface area contributed by atoms with Gasteiger partial charge in [-0.25, -0.2) is 0 Å². The van der Waals surface area contributed by atoms with Gasteiger partial charge in [-0.1, -0.05) is 0 Å². The number of carboxylic acids is 1. The standard InChI is InChI=1S/C6H10O4.O2Si/c1-2-10-6(9)4-3-5(7)8;1-3-2/h2-4H2,1H3,(H,7,8);. The Morgan fingerprint density at radius 3 is 2.08 bits per heavy atom. The second-order valence-electron chi connectivity index (χ2n) is 1.78. The van der Waals surface area contributed by atoms with Crippen molar-refractivity contribution >= 4 is 21.2 Å². The van der Waals surface area contributed by atoms with E-state index in [-0.39, 0.29) is 12.8 Å². The molecule has 0 aromatic carbocycles. The number of esters is 1. The number of aliphatic carboxylic acids is 1. The molecule has 0 radical (unpaired) electrons. The Morgan fingerprint density at radius 1 is 1.31 bits per heavy atom. The van der Waals surface area contributed by atoms with Crippen LogP contribution in [0.5, 0.6) is 0 Å². The van der Waals surface area contributed by atoms with Crippen LogP contribution < -0.4 is 0 Å². The fourth-order valence-electron chi connectivity index (χ4n) is 0.442. The van der Waals surface area contributed by atoms with Gasteiger partial charge in [0.1, 0.15) is 0 Å². The lowest BCUT2D eigenvalue weighted by molar-refractivity contribution is -0.147. The second kappa shape index (κ2) is 10.8. The van der Waals surface area contributed by atoms with Crippen molar-refractivity contribution in [3.05, 3.63) is 0 Å². The molecule has 74 valence electrons. The maximum Gasteiger partial charge on any atom is 0.549 e. The Labute approximate surface area is 76.8 Å². The fraction of sp³-hybridized carbons (Fsp3) is 0.667. The molecule has 6 nitrogen and oxygen atoms in total. The molecule has 0 bridgehead atoms. The SMILES string of the molecule is CCOC(=O)CCC(=O)O.O=[Si]=O. The van der Waals surface area contributed by atoms with Gasteiger partial charge in [0, 0.05) is 0 Å². The van der Waals surface area contributed by atoms with Crippen LogP contribution in [0.25, 0.3) is 0 Å². The van der Waals surface area contributed by atoms with Crippen molar-refractivity contribution in [1.82, 2.24) is 0 Å². The fourth-order valence-corrected chi connectivity index (χ4v) is 0.442. The zero-order chi connectivity index (χ0) is 10.7. The maximum atomic E-state index is 10.5. The van der Waals surface area contributed by atoms with Crippen LogP contribution in [0.15, 0.2) is 0 Å². The molecule has 7 heteroatoms. The van der Waals surface area contributed by atoms with Crippen molar-refractivity contribution in [2.45, 2.75) is 19.8 Å². The molecule has 0 saturated carbocycles. The zero-order valence-corrected chi connectivity index (χ0v) is 8.11. The molecule has 1 N–H and O–H groups in total. The van der Waals surface area contributed by atoms with Crippen LogP contribution in [0.3, 0.4) is 0 Å². The molecule has 0 unspecified atom stereocenters. The van der Waals surface area contributed by atoms with E-state index in [1.165, 1.54) is 0 Å². The molecular weight excluding hydrogens is 196 g/mol. The van der Waals surface area contributed by atoms with Crippen LogP contribution in [0.1, 0.15) is 19.8 Å². The molecule has 0 amide bonds. The molecule has 0 fully saturated rings. The van der Waals surface area contributed by atoms with E-state index < -0.39 is 21.2 Å². The van der Waals surface area contributed by atoms with Crippen LogP contribution in [0.4, 0.5) is 0 Å². The van der Waals surface area contributed by atoms with Crippen molar-refractivity contribution in [2.24, 2.45) is 0 Å². The van der Waals surface area contributed by atoms with Gasteiger partial charge in [0.15, 0.2) is 0 Å². The van der Waals surface area contributed by atoms with E-state index in [1.807, 2.05) is 0 Å². The van der Waals surface area contributed by atoms with Crippen LogP contribution >= 0.6 is 0 Å². The minimum absolute atomic E-state index is 0.0385. The first-order valence-corrected chi connectivity index (χ1v) is 4.26. The number of hydrogen-bond donors (Lipinski definition) is 1. The number of ether oxygens (including phenoxy) is 1. The molecule has 0 atom stereocenters. The van der Waals surface area contributed by atoms with Crippen molar-refractivity contribution in [3.8, 4) is 0 Å². The summed E-state index contributed by atoms with van der Waals surface area (Å²) in [6, 6.07) is 0. The van der Waals surface area contributed by atoms with Gasteiger partial charge in [0.2, 0.25) is 0 Å². The van der Waals surface area contributed by atoms with Gasteiger partial charge >= 0.3 is 21.2 Å². The van der Waals surface area contributed by atoms with Gasteiger partial charge in [-0.05, 0) is 6.92 Å². The van der Waals surface area contributed by atoms with Crippen LogP contribution in [0.2, 0.25) is 0 Å². The first kappa shape index (κ1) is 14.3. The summed E-state index contributed by atoms with van der Waals surface area (Å²) in [6.45, 7) is 1.98. The molecule has 0 spiro atoms. The van der Waals surface area contributed by atoms with Crippen LogP contribution in [-0.4, -0.2) is 32.9 Å². The minimum Gasteiger partial charge on any atom is -0.481 e. The molecular formula is C6H10O6Si. The van der Waals surface area contributed by atoms with E-state index in [0.29, 0.717) is 6.61 Å². The molecule has 0 heterocycles. The largest absolute Gasteiger partial charge is 0.549 e. The number of rotatable bonds is 4. The van der Waals surface area contributed by atoms with E-state index in [1.54, 1.807) is 6.92 Å². The van der Waals surface area contributed by atoms with Crippen LogP contribution in [0, 0.1) is 0 Å². The average molecular weight is 206 g/mol. The zero-order valence-electron chi connectivity index (χ0n) is 7.11. The molecule has 0 aliphatic rings. The quantitative estimate of drug-likeness (QED) is 0.505. The Morgan fingerprint density at radius 2 is 1.77 bits per heavy atom. The predicted octanol–water partition coefficient (Wildman–Crippen LogP) is -0.204. The highest BCUT2D eigenvalue weighted by Gasteiger charge is 2.04. The number of hydrogen-bond acceptors (Lipinski definition) is 5. The number of carboxylic acid groups (broad SMARTS) is 1. The van der Waals surface area contributed by atoms with E-state index in [9.17, 15) is 9.59 Å². The Bertz CT molecular complexity index is 195. The highest BCUT2D eigenvalue weighted by molar-refractivity contribution is 5.94. The van der Waals surface area contributed by atoms with Gasteiger partial charge in [-0.3, -0.25) is 18.5 Å². The smallest absolute Gasteiger partial charge is 0.481 e. The third-order valence-corrected chi connectivity index (χ3v) is 0.848. The van der Waals surface area contributed by atoms with E-state index >= 15 is 0 Å². The topological polar surface area (TPSA) is 97.7 Å². The summed E-state index contributed by atoms with van der Waals surface area (Å²) < 4.78 is 21.3. The third kappa shape index (κ3) is 18.1. The summed E-state index contributed by atoms with van der Waals surface area (Å²) in [5.41, 5.74) is 0. The highest BCUT2D eigenvalue weighted by Crippen LogP contribution is 1.91. The van der Waals surface area contributed by atoms with Gasteiger partial charge in [-0.2, -0.15) is 0 Å². The minimum atomic E-state index is -1.42. The van der Waals surface area contributed by atoms with Crippen molar-refractivity contribution in [2.75, 3.05) is 6.61 Å². The lowest BCUT2D eigenvalue weighted by Crippen LogP contribution is -2.06. The molecule has 0 aliphatic carbocycles. The second-order valence-corrected chi connectivity index (χ2v) is 1.95. The predicted molar refractivity (Wildman–Crippen MR) is 40.6 cm³/mol. The summed E-state index contributed by atoms with van der Waals surface area (Å²) >= 11 is 0. The van der Waals surface area contributed by atoms with Crippen LogP contribution in [-0.2, 0) is 23.2 Å². The van der Waals surface area contributed by atoms with Crippen molar-refractivity contribution in [1.29, 1.82) is 0 Å². The molecule has 0 aliphatic heterocycles. The van der Waals surface area contributed by atoms with Crippen molar-refractivity contribution < 1.29 is 28.4 Å². The molecule has 0 rings (SSSR count).